The van der Waals surface area contributed by atoms with Gasteiger partial charge < -0.3 is 16.4 Å². The second-order valence-corrected chi connectivity index (χ2v) is 7.21. The zero-order chi connectivity index (χ0) is 20.6. The lowest BCUT2D eigenvalue weighted by molar-refractivity contribution is -0.126. The molecule has 1 saturated heterocycles. The number of amides is 3. The van der Waals surface area contributed by atoms with Crippen molar-refractivity contribution >= 4 is 23.4 Å². The molecule has 7 heteroatoms. The van der Waals surface area contributed by atoms with Crippen molar-refractivity contribution < 1.29 is 14.4 Å². The molecule has 0 aliphatic carbocycles. The minimum Gasteiger partial charge on any atom is -0.366 e. The summed E-state index contributed by atoms with van der Waals surface area (Å²) in [7, 11) is 0. The van der Waals surface area contributed by atoms with Crippen molar-refractivity contribution in [1.82, 2.24) is 10.2 Å². The Bertz CT molecular complexity index is 861. The monoisotopic (exact) mass is 394 g/mol. The van der Waals surface area contributed by atoms with Gasteiger partial charge >= 0.3 is 0 Å². The van der Waals surface area contributed by atoms with E-state index >= 15 is 0 Å². The number of hydrogen-bond donors (Lipinski definition) is 3. The zero-order valence-electron chi connectivity index (χ0n) is 16.3. The summed E-state index contributed by atoms with van der Waals surface area (Å²) in [6.07, 6.45) is 1.43. The van der Waals surface area contributed by atoms with Crippen LogP contribution in [-0.2, 0) is 16.1 Å². The number of carbonyl (C=O) groups excluding carboxylic acids is 3. The summed E-state index contributed by atoms with van der Waals surface area (Å²) >= 11 is 0. The smallest absolute Gasteiger partial charge is 0.250 e. The molecule has 0 radical (unpaired) electrons. The molecule has 0 bridgehead atoms. The molecule has 0 unspecified atom stereocenters. The second-order valence-electron chi connectivity index (χ2n) is 7.21. The van der Waals surface area contributed by atoms with Crippen LogP contribution in [0.25, 0.3) is 0 Å². The van der Waals surface area contributed by atoms with Crippen molar-refractivity contribution in [2.45, 2.75) is 19.4 Å². The van der Waals surface area contributed by atoms with Crippen LogP contribution < -0.4 is 16.4 Å². The van der Waals surface area contributed by atoms with E-state index in [1.807, 2.05) is 35.2 Å². The lowest BCUT2D eigenvalue weighted by Crippen LogP contribution is -2.43. The molecule has 0 aromatic heterocycles. The van der Waals surface area contributed by atoms with Gasteiger partial charge in [0.1, 0.15) is 0 Å². The molecule has 2 aromatic rings. The number of para-hydroxylation sites is 1. The standard InChI is InChI=1S/C22H26N4O3/c23-21(28)18-8-4-5-9-19(18)25-20(27)15-26-12-10-17(11-13-26)22(29)24-14-16-6-2-1-3-7-16/h1-9,17H,10-15H2,(H2,23,28)(H,24,29)(H,25,27). The molecule has 29 heavy (non-hydrogen) atoms. The van der Waals surface area contributed by atoms with Gasteiger partial charge in [-0.05, 0) is 43.6 Å². The number of hydrogen-bond acceptors (Lipinski definition) is 4. The molecule has 0 saturated carbocycles. The van der Waals surface area contributed by atoms with E-state index in [1.54, 1.807) is 24.3 Å². The molecule has 1 heterocycles. The number of nitrogens with zero attached hydrogens (tertiary/aromatic N) is 1. The second kappa shape index (κ2) is 9.84. The fraction of sp³-hybridized carbons (Fsp3) is 0.318. The Morgan fingerprint density at radius 1 is 0.966 bits per heavy atom. The Hall–Kier alpha value is -3.19. The number of benzene rings is 2. The van der Waals surface area contributed by atoms with Gasteiger partial charge in [0, 0.05) is 12.5 Å². The van der Waals surface area contributed by atoms with Crippen LogP contribution >= 0.6 is 0 Å². The normalized spacial score (nSPS) is 14.9. The minimum absolute atomic E-state index is 0.0337. The number of rotatable bonds is 7. The van der Waals surface area contributed by atoms with Gasteiger partial charge in [0.15, 0.2) is 0 Å². The first kappa shape index (κ1) is 20.5. The van der Waals surface area contributed by atoms with Crippen molar-refractivity contribution in [2.24, 2.45) is 11.7 Å². The van der Waals surface area contributed by atoms with Crippen molar-refractivity contribution in [1.29, 1.82) is 0 Å². The molecular weight excluding hydrogens is 368 g/mol. The summed E-state index contributed by atoms with van der Waals surface area (Å²) in [5, 5.41) is 5.74. The highest BCUT2D eigenvalue weighted by molar-refractivity contribution is 6.03. The first-order valence-electron chi connectivity index (χ1n) is 9.75. The van der Waals surface area contributed by atoms with Crippen molar-refractivity contribution in [3.05, 3.63) is 65.7 Å². The highest BCUT2D eigenvalue weighted by Gasteiger charge is 2.26. The third kappa shape index (κ3) is 5.89. The Labute approximate surface area is 170 Å². The number of primary amides is 1. The molecule has 4 N–H and O–H groups in total. The van der Waals surface area contributed by atoms with Crippen LogP contribution in [0, 0.1) is 5.92 Å². The maximum Gasteiger partial charge on any atom is 0.250 e. The van der Waals surface area contributed by atoms with Crippen molar-refractivity contribution in [2.75, 3.05) is 25.0 Å². The third-order valence-electron chi connectivity index (χ3n) is 5.10. The van der Waals surface area contributed by atoms with Crippen LogP contribution in [0.2, 0.25) is 0 Å². The molecule has 3 amide bonds. The summed E-state index contributed by atoms with van der Waals surface area (Å²) in [6.45, 7) is 2.09. The van der Waals surface area contributed by atoms with Gasteiger partial charge in [-0.1, -0.05) is 42.5 Å². The average Bonchev–Trinajstić information content (AvgIpc) is 2.73. The van der Waals surface area contributed by atoms with Gasteiger partial charge in [-0.2, -0.15) is 0 Å². The highest BCUT2D eigenvalue weighted by atomic mass is 16.2. The molecule has 1 aliphatic rings. The summed E-state index contributed by atoms with van der Waals surface area (Å²) in [6, 6.07) is 16.5. The lowest BCUT2D eigenvalue weighted by atomic mass is 9.96. The summed E-state index contributed by atoms with van der Waals surface area (Å²) < 4.78 is 0. The first-order chi connectivity index (χ1) is 14.0. The SMILES string of the molecule is NC(=O)c1ccccc1NC(=O)CN1CCC(C(=O)NCc2ccccc2)CC1. The fourth-order valence-electron chi connectivity index (χ4n) is 3.48. The van der Waals surface area contributed by atoms with E-state index in [-0.39, 0.29) is 29.8 Å². The van der Waals surface area contributed by atoms with Crippen LogP contribution in [0.15, 0.2) is 54.6 Å². The maximum absolute atomic E-state index is 12.4. The summed E-state index contributed by atoms with van der Waals surface area (Å²) in [5.74, 6) is -0.754. The Kier molecular flexibility index (Phi) is 6.97. The Morgan fingerprint density at radius 2 is 1.62 bits per heavy atom. The highest BCUT2D eigenvalue weighted by Crippen LogP contribution is 2.18. The predicted octanol–water partition coefficient (Wildman–Crippen LogP) is 1.75. The fourth-order valence-corrected chi connectivity index (χ4v) is 3.48. The van der Waals surface area contributed by atoms with E-state index in [1.165, 1.54) is 0 Å². The molecule has 0 spiro atoms. The predicted molar refractivity (Wildman–Crippen MR) is 111 cm³/mol. The molecule has 152 valence electrons. The summed E-state index contributed by atoms with van der Waals surface area (Å²) in [4.78, 5) is 38.2. The van der Waals surface area contributed by atoms with Crippen LogP contribution in [0.5, 0.6) is 0 Å². The molecule has 2 aromatic carbocycles. The molecule has 3 rings (SSSR count). The van der Waals surface area contributed by atoms with Crippen LogP contribution in [0.3, 0.4) is 0 Å². The van der Waals surface area contributed by atoms with E-state index in [0.717, 1.165) is 5.56 Å². The van der Waals surface area contributed by atoms with E-state index in [9.17, 15) is 14.4 Å². The quantitative estimate of drug-likeness (QED) is 0.665. The zero-order valence-corrected chi connectivity index (χ0v) is 16.3. The number of nitrogens with one attached hydrogen (secondary N) is 2. The average molecular weight is 394 g/mol. The van der Waals surface area contributed by atoms with Crippen LogP contribution in [-0.4, -0.2) is 42.3 Å². The van der Waals surface area contributed by atoms with Gasteiger partial charge in [-0.15, -0.1) is 0 Å². The molecule has 1 fully saturated rings. The van der Waals surface area contributed by atoms with Gasteiger partial charge in [-0.3, -0.25) is 19.3 Å². The molecule has 1 aliphatic heterocycles. The van der Waals surface area contributed by atoms with Gasteiger partial charge in [0.25, 0.3) is 5.91 Å². The molecule has 0 atom stereocenters. The number of nitrogens with two attached hydrogens (primary N) is 1. The number of piperidine rings is 1. The van der Waals surface area contributed by atoms with E-state index in [4.69, 9.17) is 5.73 Å². The van der Waals surface area contributed by atoms with Crippen molar-refractivity contribution in [3.63, 3.8) is 0 Å². The van der Waals surface area contributed by atoms with E-state index in [0.29, 0.717) is 38.2 Å². The molecular formula is C22H26N4O3. The number of likely N-dealkylation sites (tertiary alicyclic amines) is 1. The van der Waals surface area contributed by atoms with Crippen LogP contribution in [0.4, 0.5) is 5.69 Å². The van der Waals surface area contributed by atoms with Gasteiger partial charge in [-0.25, -0.2) is 0 Å². The summed E-state index contributed by atoms with van der Waals surface area (Å²) in [5.41, 5.74) is 7.12. The topological polar surface area (TPSA) is 105 Å². The van der Waals surface area contributed by atoms with Gasteiger partial charge in [0.2, 0.25) is 11.8 Å². The third-order valence-corrected chi connectivity index (χ3v) is 5.10. The Morgan fingerprint density at radius 3 is 2.31 bits per heavy atom. The van der Waals surface area contributed by atoms with Gasteiger partial charge in [0.05, 0.1) is 17.8 Å². The number of anilines is 1. The maximum atomic E-state index is 12.4. The molecule has 7 nitrogen and oxygen atoms in total. The number of carbonyl (C=O) groups is 3. The largest absolute Gasteiger partial charge is 0.366 e. The first-order valence-corrected chi connectivity index (χ1v) is 9.75. The van der Waals surface area contributed by atoms with E-state index in [2.05, 4.69) is 10.6 Å². The Balaban J connectivity index is 1.43. The van der Waals surface area contributed by atoms with Crippen molar-refractivity contribution in [3.8, 4) is 0 Å². The minimum atomic E-state index is -0.580. The lowest BCUT2D eigenvalue weighted by Gasteiger charge is -2.30. The van der Waals surface area contributed by atoms with E-state index < -0.39 is 5.91 Å². The van der Waals surface area contributed by atoms with Crippen LogP contribution in [0.1, 0.15) is 28.8 Å².